The summed E-state index contributed by atoms with van der Waals surface area (Å²) < 4.78 is 13.7. The Morgan fingerprint density at radius 1 is 1.12 bits per heavy atom. The molecule has 0 saturated heterocycles. The Kier molecular flexibility index (Phi) is 6.92. The van der Waals surface area contributed by atoms with Gasteiger partial charge < -0.3 is 15.5 Å². The summed E-state index contributed by atoms with van der Waals surface area (Å²) in [6.45, 7) is 2.32. The fraction of sp³-hybridized carbons (Fsp3) is 0.560. The van der Waals surface area contributed by atoms with Gasteiger partial charge in [-0.1, -0.05) is 6.07 Å². The van der Waals surface area contributed by atoms with Crippen molar-refractivity contribution in [2.24, 2.45) is 5.92 Å². The quantitative estimate of drug-likeness (QED) is 0.703. The van der Waals surface area contributed by atoms with Gasteiger partial charge in [-0.15, -0.1) is 0 Å². The van der Waals surface area contributed by atoms with Crippen LogP contribution in [0.5, 0.6) is 0 Å². The van der Waals surface area contributed by atoms with E-state index in [1.807, 2.05) is 14.1 Å². The van der Waals surface area contributed by atoms with Crippen molar-refractivity contribution in [1.29, 1.82) is 0 Å². The third-order valence-electron chi connectivity index (χ3n) is 6.75. The summed E-state index contributed by atoms with van der Waals surface area (Å²) in [7, 11) is 4.09. The Labute approximate surface area is 190 Å². The van der Waals surface area contributed by atoms with Gasteiger partial charge in [0.15, 0.2) is 0 Å². The monoisotopic (exact) mass is 439 g/mol. The summed E-state index contributed by atoms with van der Waals surface area (Å²) in [6.07, 6.45) is 8.62. The SMILES string of the molecule is Cc1ccc(C(=O)NCC2CCC(Nc3nc4c(c(N(C)C)n3)CCCC4)CC2)cc1F. The lowest BCUT2D eigenvalue weighted by Crippen LogP contribution is -2.34. The Balaban J connectivity index is 1.29. The number of amides is 1. The van der Waals surface area contributed by atoms with Gasteiger partial charge in [-0.25, -0.2) is 9.37 Å². The number of aryl methyl sites for hydroxylation is 2. The number of carbonyl (C=O) groups is 1. The van der Waals surface area contributed by atoms with E-state index in [9.17, 15) is 9.18 Å². The van der Waals surface area contributed by atoms with Crippen LogP contribution in [0.1, 0.15) is 65.7 Å². The molecule has 7 heteroatoms. The van der Waals surface area contributed by atoms with Gasteiger partial charge in [-0.05, 0) is 81.9 Å². The Morgan fingerprint density at radius 2 is 1.88 bits per heavy atom. The van der Waals surface area contributed by atoms with Crippen molar-refractivity contribution < 1.29 is 9.18 Å². The first kappa shape index (κ1) is 22.5. The molecule has 1 amide bonds. The van der Waals surface area contributed by atoms with E-state index in [4.69, 9.17) is 9.97 Å². The molecule has 0 unspecified atom stereocenters. The Bertz CT molecular complexity index is 969. The molecule has 1 aromatic heterocycles. The lowest BCUT2D eigenvalue weighted by molar-refractivity contribution is 0.0943. The second-order valence-corrected chi connectivity index (χ2v) is 9.43. The molecule has 0 spiro atoms. The molecular formula is C25H34FN5O. The fourth-order valence-corrected chi connectivity index (χ4v) is 4.78. The average Bonchev–Trinajstić information content (AvgIpc) is 2.79. The maximum atomic E-state index is 13.7. The molecule has 2 N–H and O–H groups in total. The molecule has 1 fully saturated rings. The van der Waals surface area contributed by atoms with Crippen molar-refractivity contribution in [2.45, 2.75) is 64.3 Å². The summed E-state index contributed by atoms with van der Waals surface area (Å²) >= 11 is 0. The molecule has 0 aliphatic heterocycles. The van der Waals surface area contributed by atoms with Crippen molar-refractivity contribution in [1.82, 2.24) is 15.3 Å². The van der Waals surface area contributed by atoms with E-state index in [0.717, 1.165) is 50.3 Å². The highest BCUT2D eigenvalue weighted by molar-refractivity contribution is 5.94. The van der Waals surface area contributed by atoms with Gasteiger partial charge in [0.05, 0.1) is 5.69 Å². The van der Waals surface area contributed by atoms with Crippen LogP contribution < -0.4 is 15.5 Å². The van der Waals surface area contributed by atoms with Crippen LogP contribution >= 0.6 is 0 Å². The minimum Gasteiger partial charge on any atom is -0.362 e. The minimum absolute atomic E-state index is 0.206. The third-order valence-corrected chi connectivity index (χ3v) is 6.75. The highest BCUT2D eigenvalue weighted by Crippen LogP contribution is 2.30. The predicted molar refractivity (Wildman–Crippen MR) is 126 cm³/mol. The van der Waals surface area contributed by atoms with Crippen LogP contribution in [0.25, 0.3) is 0 Å². The number of rotatable bonds is 6. The van der Waals surface area contributed by atoms with E-state index in [1.54, 1.807) is 19.1 Å². The van der Waals surface area contributed by atoms with E-state index in [0.29, 0.717) is 29.6 Å². The standard InChI is InChI=1S/C25H34FN5O/c1-16-8-11-18(14-21(16)26)24(32)27-15-17-9-12-19(13-10-17)28-25-29-22-7-5-4-6-20(22)23(30-25)31(2)3/h8,11,14,17,19H,4-7,9-10,12-13,15H2,1-3H3,(H,27,32)(H,28,29,30). The minimum atomic E-state index is -0.342. The normalized spacial score (nSPS) is 20.4. The number of halogens is 1. The molecule has 1 aromatic carbocycles. The van der Waals surface area contributed by atoms with E-state index in [1.165, 1.54) is 30.2 Å². The van der Waals surface area contributed by atoms with Crippen LogP contribution in [0.3, 0.4) is 0 Å². The van der Waals surface area contributed by atoms with Crippen LogP contribution in [0.2, 0.25) is 0 Å². The summed E-state index contributed by atoms with van der Waals surface area (Å²) in [6, 6.07) is 4.98. The molecule has 1 saturated carbocycles. The summed E-state index contributed by atoms with van der Waals surface area (Å²) in [4.78, 5) is 24.1. The molecule has 0 radical (unpaired) electrons. The third kappa shape index (κ3) is 5.19. The van der Waals surface area contributed by atoms with Gasteiger partial charge in [-0.3, -0.25) is 4.79 Å². The predicted octanol–water partition coefficient (Wildman–Crippen LogP) is 4.27. The molecule has 2 aromatic rings. The van der Waals surface area contributed by atoms with Crippen molar-refractivity contribution in [3.8, 4) is 0 Å². The van der Waals surface area contributed by atoms with Crippen LogP contribution in [0.15, 0.2) is 18.2 Å². The highest BCUT2D eigenvalue weighted by atomic mass is 19.1. The molecule has 6 nitrogen and oxygen atoms in total. The van der Waals surface area contributed by atoms with Crippen molar-refractivity contribution in [3.63, 3.8) is 0 Å². The zero-order valence-electron chi connectivity index (χ0n) is 19.4. The second kappa shape index (κ2) is 9.84. The number of carbonyl (C=O) groups excluding carboxylic acids is 1. The number of benzene rings is 1. The number of anilines is 2. The first-order valence-corrected chi connectivity index (χ1v) is 11.8. The number of aromatic nitrogens is 2. The van der Waals surface area contributed by atoms with E-state index < -0.39 is 0 Å². The molecule has 1 heterocycles. The van der Waals surface area contributed by atoms with Gasteiger partial charge in [-0.2, -0.15) is 4.98 Å². The summed E-state index contributed by atoms with van der Waals surface area (Å²) in [5.41, 5.74) is 3.43. The Hall–Kier alpha value is -2.70. The van der Waals surface area contributed by atoms with Gasteiger partial charge in [0, 0.05) is 37.8 Å². The molecule has 2 aliphatic rings. The first-order chi connectivity index (χ1) is 15.4. The maximum absolute atomic E-state index is 13.7. The average molecular weight is 440 g/mol. The maximum Gasteiger partial charge on any atom is 0.251 e. The number of hydrogen-bond acceptors (Lipinski definition) is 5. The zero-order chi connectivity index (χ0) is 22.7. The van der Waals surface area contributed by atoms with Gasteiger partial charge in [0.25, 0.3) is 5.91 Å². The van der Waals surface area contributed by atoms with E-state index in [2.05, 4.69) is 15.5 Å². The van der Waals surface area contributed by atoms with Crippen LogP contribution in [-0.4, -0.2) is 42.6 Å². The molecule has 172 valence electrons. The number of nitrogens with one attached hydrogen (secondary N) is 2. The number of hydrogen-bond donors (Lipinski definition) is 2. The molecule has 0 atom stereocenters. The highest BCUT2D eigenvalue weighted by Gasteiger charge is 2.24. The molecule has 32 heavy (non-hydrogen) atoms. The van der Waals surface area contributed by atoms with Crippen molar-refractivity contribution in [2.75, 3.05) is 30.9 Å². The van der Waals surface area contributed by atoms with E-state index >= 15 is 0 Å². The van der Waals surface area contributed by atoms with Crippen molar-refractivity contribution >= 4 is 17.7 Å². The topological polar surface area (TPSA) is 70.2 Å². The van der Waals surface area contributed by atoms with Gasteiger partial charge >= 0.3 is 0 Å². The van der Waals surface area contributed by atoms with Crippen LogP contribution in [-0.2, 0) is 12.8 Å². The Morgan fingerprint density at radius 3 is 2.59 bits per heavy atom. The second-order valence-electron chi connectivity index (χ2n) is 9.43. The number of nitrogens with zero attached hydrogens (tertiary/aromatic N) is 3. The largest absolute Gasteiger partial charge is 0.362 e. The van der Waals surface area contributed by atoms with Crippen LogP contribution in [0.4, 0.5) is 16.2 Å². The summed E-state index contributed by atoms with van der Waals surface area (Å²) in [5, 5.41) is 6.55. The zero-order valence-corrected chi connectivity index (χ0v) is 19.4. The van der Waals surface area contributed by atoms with Gasteiger partial charge in [0.1, 0.15) is 11.6 Å². The lowest BCUT2D eigenvalue weighted by Gasteiger charge is -2.30. The summed E-state index contributed by atoms with van der Waals surface area (Å²) in [5.74, 6) is 1.68. The van der Waals surface area contributed by atoms with Crippen molar-refractivity contribution in [3.05, 3.63) is 46.4 Å². The smallest absolute Gasteiger partial charge is 0.251 e. The van der Waals surface area contributed by atoms with Gasteiger partial charge in [0.2, 0.25) is 5.95 Å². The van der Waals surface area contributed by atoms with E-state index in [-0.39, 0.29) is 11.7 Å². The molecular weight excluding hydrogens is 405 g/mol. The first-order valence-electron chi connectivity index (χ1n) is 11.8. The molecule has 4 rings (SSSR count). The number of fused-ring (bicyclic) bond motifs is 1. The molecule has 2 aliphatic carbocycles. The molecule has 0 bridgehead atoms. The lowest BCUT2D eigenvalue weighted by atomic mass is 9.86. The fourth-order valence-electron chi connectivity index (χ4n) is 4.78. The van der Waals surface area contributed by atoms with Crippen LogP contribution in [0, 0.1) is 18.7 Å².